The highest BCUT2D eigenvalue weighted by atomic mass is 16.3. The van der Waals surface area contributed by atoms with Crippen molar-refractivity contribution in [2.45, 2.75) is 19.4 Å². The second-order valence-electron chi connectivity index (χ2n) is 4.31. The summed E-state index contributed by atoms with van der Waals surface area (Å²) in [5, 5.41) is 12.9. The lowest BCUT2D eigenvalue weighted by Gasteiger charge is -2.34. The Morgan fingerprint density at radius 3 is 2.75 bits per heavy atom. The summed E-state index contributed by atoms with van der Waals surface area (Å²) in [6.45, 7) is 6.52. The van der Waals surface area contributed by atoms with Crippen LogP contribution in [0.25, 0.3) is 0 Å². The molecule has 0 radical (unpaired) electrons. The Kier molecular flexibility index (Phi) is 3.80. The van der Waals surface area contributed by atoms with Crippen LogP contribution < -0.4 is 5.32 Å². The number of rotatable bonds is 3. The second-order valence-corrected chi connectivity index (χ2v) is 4.31. The maximum atomic E-state index is 9.52. The zero-order valence-corrected chi connectivity index (χ0v) is 9.82. The molecule has 0 spiro atoms. The lowest BCUT2D eigenvalue weighted by molar-refractivity contribution is 0.169. The molecule has 3 heteroatoms. The Morgan fingerprint density at radius 2 is 2.12 bits per heavy atom. The fraction of sp³-hybridized carbons (Fsp3) is 0.538. The van der Waals surface area contributed by atoms with Crippen LogP contribution in [-0.4, -0.2) is 36.2 Å². The van der Waals surface area contributed by atoms with Gasteiger partial charge in [-0.1, -0.05) is 19.1 Å². The summed E-state index contributed by atoms with van der Waals surface area (Å²) < 4.78 is 0. The molecule has 0 unspecified atom stereocenters. The Hall–Kier alpha value is -1.06. The summed E-state index contributed by atoms with van der Waals surface area (Å²) in [5.74, 6) is 0.367. The van der Waals surface area contributed by atoms with Crippen LogP contribution in [0.2, 0.25) is 0 Å². The number of nitrogens with one attached hydrogen (secondary N) is 1. The number of benzene rings is 1. The number of piperazine rings is 1. The summed E-state index contributed by atoms with van der Waals surface area (Å²) in [7, 11) is 0. The Labute approximate surface area is 97.1 Å². The molecule has 1 aromatic rings. The van der Waals surface area contributed by atoms with Crippen molar-refractivity contribution in [1.29, 1.82) is 0 Å². The van der Waals surface area contributed by atoms with Gasteiger partial charge in [0.1, 0.15) is 5.75 Å². The average molecular weight is 220 g/mol. The van der Waals surface area contributed by atoms with Crippen LogP contribution in [0.5, 0.6) is 5.75 Å². The molecule has 1 atom stereocenters. The van der Waals surface area contributed by atoms with E-state index in [0.717, 1.165) is 32.6 Å². The highest BCUT2D eigenvalue weighted by molar-refractivity contribution is 5.29. The summed E-state index contributed by atoms with van der Waals surface area (Å²) in [6, 6.07) is 8.09. The molecular formula is C13H20N2O. The van der Waals surface area contributed by atoms with Crippen molar-refractivity contribution in [1.82, 2.24) is 10.2 Å². The third kappa shape index (κ3) is 2.54. The van der Waals surface area contributed by atoms with Gasteiger partial charge >= 0.3 is 0 Å². The topological polar surface area (TPSA) is 35.5 Å². The van der Waals surface area contributed by atoms with Crippen molar-refractivity contribution in [3.63, 3.8) is 0 Å². The van der Waals surface area contributed by atoms with Gasteiger partial charge in [0.2, 0.25) is 0 Å². The predicted octanol–water partition coefficient (Wildman–Crippen LogP) is 1.75. The number of hydrogen-bond acceptors (Lipinski definition) is 3. The van der Waals surface area contributed by atoms with Gasteiger partial charge in [0.15, 0.2) is 0 Å². The first-order valence-electron chi connectivity index (χ1n) is 6.05. The van der Waals surface area contributed by atoms with Gasteiger partial charge in [0.05, 0.1) is 0 Å². The molecule has 1 heterocycles. The van der Waals surface area contributed by atoms with Crippen LogP contribution in [0.15, 0.2) is 24.3 Å². The summed E-state index contributed by atoms with van der Waals surface area (Å²) >= 11 is 0. The van der Waals surface area contributed by atoms with Gasteiger partial charge in [0.25, 0.3) is 0 Å². The molecule has 1 aliphatic heterocycles. The van der Waals surface area contributed by atoms with Crippen molar-refractivity contribution >= 4 is 0 Å². The number of phenolic OH excluding ortho intramolecular Hbond substituents is 1. The molecule has 1 fully saturated rings. The predicted molar refractivity (Wildman–Crippen MR) is 65.6 cm³/mol. The SMILES string of the molecule is CC[C@@H](c1cccc(O)c1)N1CCNCC1. The molecule has 1 saturated heterocycles. The third-order valence-electron chi connectivity index (χ3n) is 3.23. The first kappa shape index (κ1) is 11.4. The summed E-state index contributed by atoms with van der Waals surface area (Å²) in [6.07, 6.45) is 1.09. The molecule has 3 nitrogen and oxygen atoms in total. The van der Waals surface area contributed by atoms with E-state index in [0.29, 0.717) is 11.8 Å². The monoisotopic (exact) mass is 220 g/mol. The zero-order chi connectivity index (χ0) is 11.4. The van der Waals surface area contributed by atoms with E-state index in [-0.39, 0.29) is 0 Å². The molecule has 2 rings (SSSR count). The summed E-state index contributed by atoms with van der Waals surface area (Å²) in [4.78, 5) is 2.49. The number of phenols is 1. The lowest BCUT2D eigenvalue weighted by atomic mass is 10.0. The van der Waals surface area contributed by atoms with Gasteiger partial charge in [-0.25, -0.2) is 0 Å². The standard InChI is InChI=1S/C13H20N2O/c1-2-13(15-8-6-14-7-9-15)11-4-3-5-12(16)10-11/h3-5,10,13-14,16H,2,6-9H2,1H3/t13-/m0/s1. The zero-order valence-electron chi connectivity index (χ0n) is 9.82. The summed E-state index contributed by atoms with van der Waals surface area (Å²) in [5.41, 5.74) is 1.23. The van der Waals surface area contributed by atoms with Crippen LogP contribution in [-0.2, 0) is 0 Å². The minimum absolute atomic E-state index is 0.367. The third-order valence-corrected chi connectivity index (χ3v) is 3.23. The fourth-order valence-electron chi connectivity index (χ4n) is 2.43. The molecule has 1 aliphatic rings. The Morgan fingerprint density at radius 1 is 1.38 bits per heavy atom. The minimum Gasteiger partial charge on any atom is -0.508 e. The molecule has 1 aromatic carbocycles. The smallest absolute Gasteiger partial charge is 0.115 e. The van der Waals surface area contributed by atoms with Crippen molar-refractivity contribution in [3.8, 4) is 5.75 Å². The highest BCUT2D eigenvalue weighted by Crippen LogP contribution is 2.26. The van der Waals surface area contributed by atoms with E-state index in [9.17, 15) is 5.11 Å². The van der Waals surface area contributed by atoms with Gasteiger partial charge in [-0.15, -0.1) is 0 Å². The van der Waals surface area contributed by atoms with Gasteiger partial charge in [0, 0.05) is 32.2 Å². The van der Waals surface area contributed by atoms with Crippen molar-refractivity contribution in [2.75, 3.05) is 26.2 Å². The van der Waals surface area contributed by atoms with Crippen LogP contribution in [0.1, 0.15) is 24.9 Å². The van der Waals surface area contributed by atoms with Gasteiger partial charge in [-0.2, -0.15) is 0 Å². The number of hydrogen-bond donors (Lipinski definition) is 2. The quantitative estimate of drug-likeness (QED) is 0.814. The number of nitrogens with zero attached hydrogens (tertiary/aromatic N) is 1. The average Bonchev–Trinajstić information content (AvgIpc) is 2.31. The van der Waals surface area contributed by atoms with E-state index >= 15 is 0 Å². The van der Waals surface area contributed by atoms with E-state index < -0.39 is 0 Å². The molecule has 0 saturated carbocycles. The molecule has 16 heavy (non-hydrogen) atoms. The van der Waals surface area contributed by atoms with Crippen LogP contribution in [0.4, 0.5) is 0 Å². The van der Waals surface area contributed by atoms with E-state index in [4.69, 9.17) is 0 Å². The first-order valence-corrected chi connectivity index (χ1v) is 6.05. The van der Waals surface area contributed by atoms with E-state index in [1.807, 2.05) is 12.1 Å². The maximum Gasteiger partial charge on any atom is 0.115 e. The molecule has 0 bridgehead atoms. The van der Waals surface area contributed by atoms with Crippen molar-refractivity contribution in [3.05, 3.63) is 29.8 Å². The van der Waals surface area contributed by atoms with Gasteiger partial charge in [-0.05, 0) is 24.1 Å². The number of aromatic hydroxyl groups is 1. The van der Waals surface area contributed by atoms with E-state index in [1.54, 1.807) is 6.07 Å². The minimum atomic E-state index is 0.367. The van der Waals surface area contributed by atoms with Gasteiger partial charge in [-0.3, -0.25) is 4.90 Å². The largest absolute Gasteiger partial charge is 0.508 e. The lowest BCUT2D eigenvalue weighted by Crippen LogP contribution is -2.45. The van der Waals surface area contributed by atoms with E-state index in [2.05, 4.69) is 23.2 Å². The second kappa shape index (κ2) is 5.32. The van der Waals surface area contributed by atoms with Crippen molar-refractivity contribution < 1.29 is 5.11 Å². The van der Waals surface area contributed by atoms with E-state index in [1.165, 1.54) is 5.56 Å². The first-order chi connectivity index (χ1) is 7.81. The van der Waals surface area contributed by atoms with Crippen LogP contribution in [0.3, 0.4) is 0 Å². The van der Waals surface area contributed by atoms with Gasteiger partial charge < -0.3 is 10.4 Å². The molecular weight excluding hydrogens is 200 g/mol. The Bertz CT molecular complexity index is 334. The molecule has 88 valence electrons. The molecule has 2 N–H and O–H groups in total. The molecule has 0 aliphatic carbocycles. The Balaban J connectivity index is 2.14. The highest BCUT2D eigenvalue weighted by Gasteiger charge is 2.20. The van der Waals surface area contributed by atoms with Crippen molar-refractivity contribution in [2.24, 2.45) is 0 Å². The fourth-order valence-corrected chi connectivity index (χ4v) is 2.43. The van der Waals surface area contributed by atoms with Crippen LogP contribution in [0, 0.1) is 0 Å². The maximum absolute atomic E-state index is 9.52. The normalized spacial score (nSPS) is 19.6. The molecule has 0 amide bonds. The van der Waals surface area contributed by atoms with Crippen LogP contribution >= 0.6 is 0 Å². The molecule has 0 aromatic heterocycles.